The molecule has 0 radical (unpaired) electrons. The molecule has 0 saturated heterocycles. The monoisotopic (exact) mass is 488 g/mol. The molecule has 1 aliphatic heterocycles. The Kier molecular flexibility index (Phi) is 9.63. The Hall–Kier alpha value is -2.90. The van der Waals surface area contributed by atoms with E-state index in [-0.39, 0.29) is 0 Å². The third-order valence-corrected chi connectivity index (χ3v) is 4.67. The molecule has 3 rings (SSSR count). The number of pyridine rings is 1. The summed E-state index contributed by atoms with van der Waals surface area (Å²) in [5, 5.41) is 23.4. The molecule has 0 amide bonds. The maximum absolute atomic E-state index is 11.2. The van der Waals surface area contributed by atoms with Crippen molar-refractivity contribution in [1.82, 2.24) is 9.88 Å². The number of carbonyl (C=O) groups is 3. The number of hydrogen-bond acceptors (Lipinski definition) is 5. The molecule has 33 heavy (non-hydrogen) atoms. The van der Waals surface area contributed by atoms with Crippen LogP contribution in [0.15, 0.2) is 6.07 Å². The average Bonchev–Trinajstić information content (AvgIpc) is 3.49. The Morgan fingerprint density at radius 1 is 0.970 bits per heavy atom. The maximum Gasteiger partial charge on any atom is 0.490 e. The lowest BCUT2D eigenvalue weighted by molar-refractivity contribution is -0.193. The van der Waals surface area contributed by atoms with Crippen LogP contribution >= 0.6 is 0 Å². The number of nitrogens with zero attached hydrogens (tertiary/aromatic N) is 2. The van der Waals surface area contributed by atoms with E-state index in [9.17, 15) is 31.1 Å². The van der Waals surface area contributed by atoms with Crippen LogP contribution in [0.2, 0.25) is 0 Å². The van der Waals surface area contributed by atoms with Crippen LogP contribution in [0, 0.1) is 12.8 Å². The van der Waals surface area contributed by atoms with Gasteiger partial charge in [0.1, 0.15) is 0 Å². The number of aliphatic carboxylic acids is 2. The van der Waals surface area contributed by atoms with Gasteiger partial charge in [0.15, 0.2) is 0 Å². The molecule has 1 saturated carbocycles. The molecule has 0 unspecified atom stereocenters. The first-order chi connectivity index (χ1) is 15.0. The van der Waals surface area contributed by atoms with E-state index in [1.165, 1.54) is 19.4 Å². The molecular formula is C19H22F6N2O6. The molecule has 3 N–H and O–H groups in total. The molecule has 2 aliphatic rings. The van der Waals surface area contributed by atoms with Crippen molar-refractivity contribution >= 4 is 17.9 Å². The largest absolute Gasteiger partial charge is 0.490 e. The SMILES string of the molecule is Cc1nc2c(cc1C(=O)O)CCN(CC1CC1)CC2.O=C(O)C(F)(F)F.O=C(O)C(F)(F)F. The second-order valence-corrected chi connectivity index (χ2v) is 7.38. The number of fused-ring (bicyclic) bond motifs is 1. The van der Waals surface area contributed by atoms with Gasteiger partial charge in [0, 0.05) is 31.7 Å². The quantitative estimate of drug-likeness (QED) is 0.554. The second-order valence-electron chi connectivity index (χ2n) is 7.38. The lowest BCUT2D eigenvalue weighted by Gasteiger charge is -2.18. The molecule has 0 bridgehead atoms. The molecule has 0 aromatic carbocycles. The van der Waals surface area contributed by atoms with Gasteiger partial charge >= 0.3 is 30.3 Å². The van der Waals surface area contributed by atoms with E-state index >= 15 is 0 Å². The standard InChI is InChI=1S/C15H20N2O2.2C2HF3O2/c1-10-13(15(18)19)8-12-4-6-17(9-11-2-3-11)7-5-14(12)16-10;2*3-2(4,5)1(6)7/h8,11H,2-7,9H2,1H3,(H,18,19);2*(H,6,7). The summed E-state index contributed by atoms with van der Waals surface area (Å²) in [7, 11) is 0. The predicted octanol–water partition coefficient (Wildman–Crippen LogP) is 3.17. The number of carboxylic acid groups (broad SMARTS) is 3. The van der Waals surface area contributed by atoms with E-state index < -0.39 is 30.3 Å². The molecule has 1 aromatic heterocycles. The first-order valence-electron chi connectivity index (χ1n) is 9.57. The minimum absolute atomic E-state index is 0.356. The number of hydrogen-bond donors (Lipinski definition) is 3. The Morgan fingerprint density at radius 2 is 1.42 bits per heavy atom. The van der Waals surface area contributed by atoms with Crippen LogP contribution in [0.5, 0.6) is 0 Å². The summed E-state index contributed by atoms with van der Waals surface area (Å²) < 4.78 is 63.5. The molecular weight excluding hydrogens is 466 g/mol. The lowest BCUT2D eigenvalue weighted by atomic mass is 10.0. The third-order valence-electron chi connectivity index (χ3n) is 4.67. The Morgan fingerprint density at radius 3 is 1.82 bits per heavy atom. The van der Waals surface area contributed by atoms with Crippen LogP contribution in [0.3, 0.4) is 0 Å². The molecule has 0 atom stereocenters. The highest BCUT2D eigenvalue weighted by atomic mass is 19.4. The Balaban J connectivity index is 0.000000324. The molecule has 14 heteroatoms. The highest BCUT2D eigenvalue weighted by Crippen LogP contribution is 2.30. The summed E-state index contributed by atoms with van der Waals surface area (Å²) in [5.41, 5.74) is 3.22. The fourth-order valence-corrected chi connectivity index (χ4v) is 2.85. The van der Waals surface area contributed by atoms with Crippen molar-refractivity contribution in [1.29, 1.82) is 0 Å². The normalized spacial score (nSPS) is 16.2. The van der Waals surface area contributed by atoms with Crippen LogP contribution in [0.25, 0.3) is 0 Å². The smallest absolute Gasteiger partial charge is 0.478 e. The zero-order valence-corrected chi connectivity index (χ0v) is 17.3. The predicted molar refractivity (Wildman–Crippen MR) is 99.9 cm³/mol. The highest BCUT2D eigenvalue weighted by Gasteiger charge is 2.38. The summed E-state index contributed by atoms with van der Waals surface area (Å²) in [6, 6.07) is 1.83. The van der Waals surface area contributed by atoms with Crippen LogP contribution in [-0.2, 0) is 22.4 Å². The highest BCUT2D eigenvalue weighted by molar-refractivity contribution is 5.89. The molecule has 186 valence electrons. The number of alkyl halides is 6. The third kappa shape index (κ3) is 10.1. The summed E-state index contributed by atoms with van der Waals surface area (Å²) in [4.78, 5) is 36.0. The number of aryl methyl sites for hydroxylation is 1. The van der Waals surface area contributed by atoms with Gasteiger partial charge in [0.25, 0.3) is 0 Å². The topological polar surface area (TPSA) is 128 Å². The number of aromatic nitrogens is 1. The number of rotatable bonds is 3. The fourth-order valence-electron chi connectivity index (χ4n) is 2.85. The fraction of sp³-hybridized carbons (Fsp3) is 0.579. The average molecular weight is 488 g/mol. The first-order valence-corrected chi connectivity index (χ1v) is 9.57. The van der Waals surface area contributed by atoms with Crippen LogP contribution in [0.4, 0.5) is 26.3 Å². The minimum atomic E-state index is -5.08. The van der Waals surface area contributed by atoms with Gasteiger partial charge in [-0.25, -0.2) is 14.4 Å². The summed E-state index contributed by atoms with van der Waals surface area (Å²) in [5.74, 6) is -5.47. The van der Waals surface area contributed by atoms with Crippen molar-refractivity contribution in [2.24, 2.45) is 5.92 Å². The summed E-state index contributed by atoms with van der Waals surface area (Å²) in [6.45, 7) is 5.09. The molecule has 2 heterocycles. The van der Waals surface area contributed by atoms with E-state index in [0.717, 1.165) is 43.1 Å². The van der Waals surface area contributed by atoms with Gasteiger partial charge in [0.2, 0.25) is 0 Å². The van der Waals surface area contributed by atoms with Gasteiger partial charge in [-0.05, 0) is 43.7 Å². The number of halogens is 6. The summed E-state index contributed by atoms with van der Waals surface area (Å²) in [6.07, 6.45) is -5.54. The van der Waals surface area contributed by atoms with E-state index in [1.807, 2.05) is 6.07 Å². The maximum atomic E-state index is 11.2. The summed E-state index contributed by atoms with van der Waals surface area (Å²) >= 11 is 0. The molecule has 1 fully saturated rings. The van der Waals surface area contributed by atoms with Crippen molar-refractivity contribution < 1.29 is 56.0 Å². The zero-order chi connectivity index (χ0) is 25.6. The van der Waals surface area contributed by atoms with Crippen LogP contribution in [0.1, 0.15) is 40.2 Å². The van der Waals surface area contributed by atoms with Crippen molar-refractivity contribution in [2.45, 2.75) is 45.0 Å². The molecule has 1 aliphatic carbocycles. The van der Waals surface area contributed by atoms with Gasteiger partial charge in [-0.15, -0.1) is 0 Å². The lowest BCUT2D eigenvalue weighted by Crippen LogP contribution is -2.28. The zero-order valence-electron chi connectivity index (χ0n) is 17.3. The molecule has 8 nitrogen and oxygen atoms in total. The van der Waals surface area contributed by atoms with E-state index in [0.29, 0.717) is 11.3 Å². The van der Waals surface area contributed by atoms with Gasteiger partial charge in [0.05, 0.1) is 11.3 Å². The van der Waals surface area contributed by atoms with Gasteiger partial charge in [-0.3, -0.25) is 4.98 Å². The first kappa shape index (κ1) is 28.1. The number of aromatic carboxylic acids is 1. The number of carboxylic acids is 3. The van der Waals surface area contributed by atoms with Gasteiger partial charge < -0.3 is 20.2 Å². The van der Waals surface area contributed by atoms with E-state index in [4.69, 9.17) is 24.9 Å². The Labute approximate surface area is 183 Å². The van der Waals surface area contributed by atoms with Gasteiger partial charge in [-0.1, -0.05) is 0 Å². The molecule has 0 spiro atoms. The van der Waals surface area contributed by atoms with Crippen LogP contribution in [-0.4, -0.2) is 75.1 Å². The Bertz CT molecular complexity index is 844. The van der Waals surface area contributed by atoms with E-state index in [2.05, 4.69) is 9.88 Å². The van der Waals surface area contributed by atoms with Crippen molar-refractivity contribution in [2.75, 3.05) is 19.6 Å². The van der Waals surface area contributed by atoms with E-state index in [1.54, 1.807) is 6.92 Å². The molecule has 1 aromatic rings. The van der Waals surface area contributed by atoms with Crippen LogP contribution < -0.4 is 0 Å². The van der Waals surface area contributed by atoms with Crippen molar-refractivity contribution in [3.63, 3.8) is 0 Å². The second kappa shape index (κ2) is 11.3. The van der Waals surface area contributed by atoms with Crippen molar-refractivity contribution in [3.05, 3.63) is 28.6 Å². The minimum Gasteiger partial charge on any atom is -0.478 e. The van der Waals surface area contributed by atoms with Gasteiger partial charge in [-0.2, -0.15) is 26.3 Å². The van der Waals surface area contributed by atoms with Crippen molar-refractivity contribution in [3.8, 4) is 0 Å².